The van der Waals surface area contributed by atoms with Crippen LogP contribution in [0.15, 0.2) is 35.2 Å². The van der Waals surface area contributed by atoms with Crippen molar-refractivity contribution in [2.45, 2.75) is 44.0 Å². The van der Waals surface area contributed by atoms with E-state index in [1.807, 2.05) is 6.92 Å². The Morgan fingerprint density at radius 2 is 2.00 bits per heavy atom. The van der Waals surface area contributed by atoms with Gasteiger partial charge in [0, 0.05) is 10.9 Å². The first kappa shape index (κ1) is 24.7. The molecule has 1 aromatic heterocycles. The third kappa shape index (κ3) is 5.37. The van der Waals surface area contributed by atoms with Gasteiger partial charge < -0.3 is 4.74 Å². The molecule has 2 N–H and O–H groups in total. The summed E-state index contributed by atoms with van der Waals surface area (Å²) in [4.78, 5) is 11.7. The highest BCUT2D eigenvalue weighted by Gasteiger charge is 2.33. The number of carbonyl (C=O) groups excluding carboxylic acids is 1. The number of benzene rings is 2. The third-order valence-corrected chi connectivity index (χ3v) is 7.26. The van der Waals surface area contributed by atoms with Crippen LogP contribution in [0.1, 0.15) is 47.0 Å². The molecular formula is C21H23ClFN5O4S. The van der Waals surface area contributed by atoms with Crippen molar-refractivity contribution >= 4 is 27.6 Å². The van der Waals surface area contributed by atoms with E-state index in [9.17, 15) is 17.6 Å². The molecule has 2 atom stereocenters. The lowest BCUT2D eigenvalue weighted by Gasteiger charge is -2.25. The number of aromatic nitrogens is 4. The fraction of sp³-hybridized carbons (Fsp3) is 0.333. The zero-order chi connectivity index (χ0) is 24.3. The number of ether oxygens (including phenoxy) is 1. The molecule has 0 radical (unpaired) electrons. The van der Waals surface area contributed by atoms with Crippen molar-refractivity contribution in [3.8, 4) is 0 Å². The summed E-state index contributed by atoms with van der Waals surface area (Å²) >= 11 is 6.02. The van der Waals surface area contributed by atoms with Gasteiger partial charge in [-0.05, 0) is 60.4 Å². The summed E-state index contributed by atoms with van der Waals surface area (Å²) in [5.74, 6) is -1.77. The van der Waals surface area contributed by atoms with Crippen molar-refractivity contribution in [3.63, 3.8) is 0 Å². The van der Waals surface area contributed by atoms with E-state index in [-0.39, 0.29) is 27.7 Å². The number of esters is 1. The molecule has 3 rings (SSSR count). The van der Waals surface area contributed by atoms with Gasteiger partial charge in [-0.2, -0.15) is 9.94 Å². The minimum absolute atomic E-state index is 0.0369. The molecule has 0 amide bonds. The van der Waals surface area contributed by atoms with Crippen LogP contribution >= 0.6 is 11.6 Å². The summed E-state index contributed by atoms with van der Waals surface area (Å²) in [5, 5.41) is 13.9. The van der Waals surface area contributed by atoms with E-state index in [0.717, 1.165) is 5.56 Å². The molecule has 0 saturated heterocycles. The number of hydrogen-bond donors (Lipinski definition) is 2. The predicted molar refractivity (Wildman–Crippen MR) is 119 cm³/mol. The highest BCUT2D eigenvalue weighted by atomic mass is 35.5. The largest absolute Gasteiger partial charge is 0.469 e. The Labute approximate surface area is 195 Å². The number of aromatic amines is 1. The highest BCUT2D eigenvalue weighted by molar-refractivity contribution is 7.89. The van der Waals surface area contributed by atoms with Crippen molar-refractivity contribution < 1.29 is 22.3 Å². The van der Waals surface area contributed by atoms with Crippen molar-refractivity contribution in [1.82, 2.24) is 25.3 Å². The van der Waals surface area contributed by atoms with Crippen LogP contribution in [0.25, 0.3) is 0 Å². The monoisotopic (exact) mass is 495 g/mol. The van der Waals surface area contributed by atoms with E-state index >= 15 is 0 Å². The van der Waals surface area contributed by atoms with E-state index in [0.29, 0.717) is 11.1 Å². The molecule has 0 aliphatic carbocycles. The zero-order valence-corrected chi connectivity index (χ0v) is 20.0. The van der Waals surface area contributed by atoms with Gasteiger partial charge in [-0.1, -0.05) is 29.8 Å². The standard InChI is InChI=1S/C21H23ClFN5O4S/c1-11-5-7-16(23)19(12(11)2)13(3)20(21-24-27-28-25-21)26-33(30,31)17-8-6-15(22)9-14(17)10-18(29)32-4/h5-9,13,20,26H,10H2,1-4H3,(H,24,25,27,28)/t13-,20+/m1/s1. The molecule has 0 bridgehead atoms. The first-order chi connectivity index (χ1) is 15.5. The summed E-state index contributed by atoms with van der Waals surface area (Å²) in [5.41, 5.74) is 2.02. The number of nitrogens with zero attached hydrogens (tertiary/aromatic N) is 3. The van der Waals surface area contributed by atoms with Gasteiger partial charge in [0.15, 0.2) is 5.82 Å². The molecular weight excluding hydrogens is 473 g/mol. The smallest absolute Gasteiger partial charge is 0.310 e. The van der Waals surface area contributed by atoms with Gasteiger partial charge in [-0.15, -0.1) is 10.2 Å². The van der Waals surface area contributed by atoms with Gasteiger partial charge >= 0.3 is 5.97 Å². The molecule has 12 heteroatoms. The van der Waals surface area contributed by atoms with Gasteiger partial charge in [-0.3, -0.25) is 4.79 Å². The molecule has 1 heterocycles. The summed E-state index contributed by atoms with van der Waals surface area (Å²) < 4.78 is 48.9. The van der Waals surface area contributed by atoms with Crippen LogP contribution in [-0.4, -0.2) is 42.1 Å². The number of aryl methyl sites for hydroxylation is 1. The number of hydrogen-bond acceptors (Lipinski definition) is 7. The summed E-state index contributed by atoms with van der Waals surface area (Å²) in [6.45, 7) is 5.27. The number of carbonyl (C=O) groups is 1. The van der Waals surface area contributed by atoms with Crippen LogP contribution in [0.2, 0.25) is 5.02 Å². The van der Waals surface area contributed by atoms with Gasteiger partial charge in [0.05, 0.1) is 24.5 Å². The average Bonchev–Trinajstić information content (AvgIpc) is 3.29. The zero-order valence-electron chi connectivity index (χ0n) is 18.4. The van der Waals surface area contributed by atoms with E-state index in [4.69, 9.17) is 11.6 Å². The van der Waals surface area contributed by atoms with E-state index in [2.05, 4.69) is 30.1 Å². The second-order valence-corrected chi connectivity index (χ2v) is 9.68. The Balaban J connectivity index is 2.07. The maximum atomic E-state index is 14.8. The van der Waals surface area contributed by atoms with Crippen LogP contribution in [0.4, 0.5) is 4.39 Å². The van der Waals surface area contributed by atoms with Crippen LogP contribution in [-0.2, 0) is 26.0 Å². The lowest BCUT2D eigenvalue weighted by molar-refractivity contribution is -0.139. The van der Waals surface area contributed by atoms with Crippen molar-refractivity contribution in [2.75, 3.05) is 7.11 Å². The van der Waals surface area contributed by atoms with Crippen LogP contribution < -0.4 is 4.72 Å². The molecule has 0 unspecified atom stereocenters. The lowest BCUT2D eigenvalue weighted by atomic mass is 9.88. The molecule has 0 saturated carbocycles. The number of sulfonamides is 1. The third-order valence-electron chi connectivity index (χ3n) is 5.48. The fourth-order valence-corrected chi connectivity index (χ4v) is 5.31. The summed E-state index contributed by atoms with van der Waals surface area (Å²) in [6.07, 6.45) is -0.304. The molecule has 0 aliphatic rings. The molecule has 33 heavy (non-hydrogen) atoms. The van der Waals surface area contributed by atoms with Gasteiger partial charge in [0.25, 0.3) is 0 Å². The SMILES string of the molecule is COC(=O)Cc1cc(Cl)ccc1S(=O)(=O)N[C@H](c1nn[nH]n1)[C@H](C)c1c(F)ccc(C)c1C. The number of nitrogens with one attached hydrogen (secondary N) is 2. The second-order valence-electron chi connectivity index (χ2n) is 7.57. The molecule has 176 valence electrons. The molecule has 3 aromatic rings. The first-order valence-electron chi connectivity index (χ1n) is 9.91. The molecule has 0 spiro atoms. The fourth-order valence-electron chi connectivity index (χ4n) is 3.62. The predicted octanol–water partition coefficient (Wildman–Crippen LogP) is 3.15. The van der Waals surface area contributed by atoms with Crippen molar-refractivity contribution in [1.29, 1.82) is 0 Å². The number of tetrazole rings is 1. The van der Waals surface area contributed by atoms with Crippen LogP contribution in [0, 0.1) is 19.7 Å². The molecule has 0 fully saturated rings. The van der Waals surface area contributed by atoms with Gasteiger partial charge in [0.2, 0.25) is 10.0 Å². The van der Waals surface area contributed by atoms with Gasteiger partial charge in [-0.25, -0.2) is 12.8 Å². The first-order valence-corrected chi connectivity index (χ1v) is 11.8. The Bertz CT molecular complexity index is 1270. The highest BCUT2D eigenvalue weighted by Crippen LogP contribution is 2.35. The minimum Gasteiger partial charge on any atom is -0.469 e. The van der Waals surface area contributed by atoms with Crippen LogP contribution in [0.3, 0.4) is 0 Å². The maximum Gasteiger partial charge on any atom is 0.310 e. The molecule has 0 aliphatic heterocycles. The number of methoxy groups -OCH3 is 1. The maximum absolute atomic E-state index is 14.8. The average molecular weight is 496 g/mol. The van der Waals surface area contributed by atoms with Crippen molar-refractivity contribution in [3.05, 3.63) is 69.2 Å². The number of rotatable bonds is 8. The Kier molecular flexibility index (Phi) is 7.45. The normalized spacial score (nSPS) is 13.5. The topological polar surface area (TPSA) is 127 Å². The lowest BCUT2D eigenvalue weighted by Crippen LogP contribution is -2.34. The molecule has 9 nitrogen and oxygen atoms in total. The number of H-pyrrole nitrogens is 1. The second kappa shape index (κ2) is 9.94. The van der Waals surface area contributed by atoms with E-state index in [1.54, 1.807) is 19.9 Å². The van der Waals surface area contributed by atoms with Gasteiger partial charge in [0.1, 0.15) is 5.82 Å². The minimum atomic E-state index is -4.24. The summed E-state index contributed by atoms with van der Waals surface area (Å²) in [7, 11) is -3.04. The molecule has 2 aromatic carbocycles. The Hall–Kier alpha value is -2.89. The van der Waals surface area contributed by atoms with E-state index in [1.165, 1.54) is 31.4 Å². The Morgan fingerprint density at radius 3 is 2.64 bits per heavy atom. The summed E-state index contributed by atoms with van der Waals surface area (Å²) in [6, 6.07) is 5.99. The van der Waals surface area contributed by atoms with Crippen LogP contribution in [0.5, 0.6) is 0 Å². The van der Waals surface area contributed by atoms with E-state index < -0.39 is 33.8 Å². The number of halogens is 2. The quantitative estimate of drug-likeness (QED) is 0.459. The van der Waals surface area contributed by atoms with Crippen molar-refractivity contribution in [2.24, 2.45) is 0 Å². The Morgan fingerprint density at radius 1 is 1.27 bits per heavy atom.